The molecule has 0 saturated carbocycles. The van der Waals surface area contributed by atoms with Gasteiger partial charge in [-0.1, -0.05) is 68.0 Å². The molecule has 1 nitrogen and oxygen atoms in total. The van der Waals surface area contributed by atoms with Gasteiger partial charge in [0.15, 0.2) is 0 Å². The zero-order valence-corrected chi connectivity index (χ0v) is 12.4. The molecule has 0 aliphatic heterocycles. The van der Waals surface area contributed by atoms with Crippen molar-refractivity contribution in [1.82, 2.24) is 0 Å². The average molecular weight is 258 g/mol. The van der Waals surface area contributed by atoms with Gasteiger partial charge in [0.1, 0.15) is 0 Å². The molecule has 0 aromatic rings. The van der Waals surface area contributed by atoms with Crippen LogP contribution in [0.25, 0.3) is 0 Å². The summed E-state index contributed by atoms with van der Waals surface area (Å²) in [4.78, 5) is 0. The molecule has 0 aromatic heterocycles. The van der Waals surface area contributed by atoms with E-state index in [2.05, 4.69) is 32.9 Å². The van der Waals surface area contributed by atoms with E-state index >= 15 is 0 Å². The minimum absolute atomic E-state index is 0.0937. The second-order valence-corrected chi connectivity index (χ2v) is 5.67. The summed E-state index contributed by atoms with van der Waals surface area (Å²) in [6, 6.07) is 0. The third-order valence-electron chi connectivity index (χ3n) is 3.60. The van der Waals surface area contributed by atoms with Gasteiger partial charge in [-0.15, -0.1) is 0 Å². The van der Waals surface area contributed by atoms with Crippen LogP contribution in [0.4, 0.5) is 0 Å². The summed E-state index contributed by atoms with van der Waals surface area (Å²) >= 11 is 0. The maximum absolute atomic E-state index is 8.57. The number of aliphatic hydroxyl groups is 1. The fraction of sp³-hybridized carbons (Fsp3) is 0.444. The maximum atomic E-state index is 8.57. The van der Waals surface area contributed by atoms with E-state index in [1.807, 2.05) is 30.4 Å². The molecule has 1 heteroatoms. The Balaban J connectivity index is 2.59. The molecule has 1 rings (SSSR count). The number of aliphatic hydroxyl groups excluding tert-OH is 1. The van der Waals surface area contributed by atoms with Crippen LogP contribution in [0.1, 0.15) is 40.0 Å². The van der Waals surface area contributed by atoms with Crippen molar-refractivity contribution < 1.29 is 5.11 Å². The number of allylic oxidation sites excluding steroid dienone is 9. The second-order valence-electron chi connectivity index (χ2n) is 5.67. The Morgan fingerprint density at radius 1 is 1.05 bits per heavy atom. The molecule has 0 spiro atoms. The van der Waals surface area contributed by atoms with Crippen molar-refractivity contribution in [2.45, 2.75) is 40.0 Å². The zero-order chi connectivity index (χ0) is 14.1. The topological polar surface area (TPSA) is 20.2 Å². The summed E-state index contributed by atoms with van der Waals surface area (Å²) in [6.45, 7) is 7.01. The molecule has 0 radical (unpaired) electrons. The van der Waals surface area contributed by atoms with E-state index in [0.29, 0.717) is 5.41 Å². The van der Waals surface area contributed by atoms with Crippen LogP contribution in [0.5, 0.6) is 0 Å². The number of hydrogen-bond donors (Lipinski definition) is 1. The fourth-order valence-corrected chi connectivity index (χ4v) is 2.56. The second kappa shape index (κ2) is 7.96. The van der Waals surface area contributed by atoms with Gasteiger partial charge in [-0.2, -0.15) is 0 Å². The van der Waals surface area contributed by atoms with Gasteiger partial charge >= 0.3 is 0 Å². The molecule has 0 heterocycles. The highest BCUT2D eigenvalue weighted by Crippen LogP contribution is 2.40. The van der Waals surface area contributed by atoms with E-state index in [4.69, 9.17) is 5.11 Å². The van der Waals surface area contributed by atoms with Crippen molar-refractivity contribution in [2.75, 3.05) is 6.61 Å². The van der Waals surface area contributed by atoms with Crippen molar-refractivity contribution in [3.63, 3.8) is 0 Å². The first-order valence-electron chi connectivity index (χ1n) is 7.05. The molecule has 0 unspecified atom stereocenters. The largest absolute Gasteiger partial charge is 0.392 e. The first-order chi connectivity index (χ1) is 9.08. The lowest BCUT2D eigenvalue weighted by atomic mass is 9.73. The highest BCUT2D eigenvalue weighted by molar-refractivity contribution is 5.34. The SMILES string of the molecule is CC1=C(/C=C/C=C/C=C/C=C/CO)C(C)(C)CCC1. The first kappa shape index (κ1) is 15.7. The van der Waals surface area contributed by atoms with Crippen LogP contribution < -0.4 is 0 Å². The molecule has 0 aromatic carbocycles. The zero-order valence-electron chi connectivity index (χ0n) is 12.4. The van der Waals surface area contributed by atoms with Crippen LogP contribution in [0.15, 0.2) is 59.8 Å². The minimum Gasteiger partial charge on any atom is -0.392 e. The quantitative estimate of drug-likeness (QED) is 0.707. The molecule has 0 fully saturated rings. The standard InChI is InChI=1S/C18H26O/c1-16-12-11-14-18(2,3)17(16)13-9-7-5-4-6-8-10-15-19/h4-10,13,19H,11-12,14-15H2,1-3H3/b6-4+,7-5+,10-8+,13-9+. The van der Waals surface area contributed by atoms with Crippen LogP contribution in [-0.2, 0) is 0 Å². The third-order valence-corrected chi connectivity index (χ3v) is 3.60. The molecule has 104 valence electrons. The van der Waals surface area contributed by atoms with Gasteiger partial charge in [0.05, 0.1) is 6.61 Å². The minimum atomic E-state index is 0.0937. The van der Waals surface area contributed by atoms with Gasteiger partial charge in [0.25, 0.3) is 0 Å². The summed E-state index contributed by atoms with van der Waals surface area (Å²) in [7, 11) is 0. The van der Waals surface area contributed by atoms with Gasteiger partial charge in [-0.25, -0.2) is 0 Å². The average Bonchev–Trinajstić information content (AvgIpc) is 2.35. The van der Waals surface area contributed by atoms with Crippen LogP contribution in [0.2, 0.25) is 0 Å². The van der Waals surface area contributed by atoms with E-state index < -0.39 is 0 Å². The van der Waals surface area contributed by atoms with Crippen molar-refractivity contribution in [3.8, 4) is 0 Å². The third kappa shape index (κ3) is 5.44. The lowest BCUT2D eigenvalue weighted by Gasteiger charge is -2.32. The lowest BCUT2D eigenvalue weighted by Crippen LogP contribution is -2.18. The summed E-state index contributed by atoms with van der Waals surface area (Å²) in [5, 5.41) is 8.57. The molecule has 1 N–H and O–H groups in total. The van der Waals surface area contributed by atoms with Gasteiger partial charge in [0.2, 0.25) is 0 Å². The van der Waals surface area contributed by atoms with Crippen LogP contribution >= 0.6 is 0 Å². The lowest BCUT2D eigenvalue weighted by molar-refractivity contribution is 0.343. The Hall–Kier alpha value is -1.34. The van der Waals surface area contributed by atoms with E-state index in [0.717, 1.165) is 0 Å². The molecule has 1 aliphatic rings. The van der Waals surface area contributed by atoms with Gasteiger partial charge < -0.3 is 5.11 Å². The van der Waals surface area contributed by atoms with E-state index in [1.165, 1.54) is 30.4 Å². The molecule has 0 bridgehead atoms. The van der Waals surface area contributed by atoms with Crippen molar-refractivity contribution >= 4 is 0 Å². The summed E-state index contributed by atoms with van der Waals surface area (Å²) in [5.74, 6) is 0. The monoisotopic (exact) mass is 258 g/mol. The Kier molecular flexibility index (Phi) is 6.58. The van der Waals surface area contributed by atoms with E-state index in [9.17, 15) is 0 Å². The maximum Gasteiger partial charge on any atom is 0.0615 e. The number of hydrogen-bond acceptors (Lipinski definition) is 1. The predicted octanol–water partition coefficient (Wildman–Crippen LogP) is 4.73. The van der Waals surface area contributed by atoms with Gasteiger partial charge in [-0.05, 0) is 37.2 Å². The van der Waals surface area contributed by atoms with Crippen LogP contribution in [0.3, 0.4) is 0 Å². The van der Waals surface area contributed by atoms with Crippen molar-refractivity contribution in [2.24, 2.45) is 5.41 Å². The highest BCUT2D eigenvalue weighted by Gasteiger charge is 2.26. The molecule has 0 atom stereocenters. The summed E-state index contributed by atoms with van der Waals surface area (Å²) in [6.07, 6.45) is 19.7. The Labute approximate surface area is 117 Å². The normalized spacial score (nSPS) is 20.6. The molecular weight excluding hydrogens is 232 g/mol. The molecule has 0 saturated heterocycles. The van der Waals surface area contributed by atoms with Gasteiger partial charge in [-0.3, -0.25) is 0 Å². The van der Waals surface area contributed by atoms with Crippen LogP contribution in [-0.4, -0.2) is 11.7 Å². The Morgan fingerprint density at radius 3 is 2.32 bits per heavy atom. The molecule has 1 aliphatic carbocycles. The fourth-order valence-electron chi connectivity index (χ4n) is 2.56. The molecular formula is C18H26O. The van der Waals surface area contributed by atoms with Crippen molar-refractivity contribution in [1.29, 1.82) is 0 Å². The van der Waals surface area contributed by atoms with E-state index in [-0.39, 0.29) is 6.61 Å². The Bertz CT molecular complexity index is 417. The van der Waals surface area contributed by atoms with Crippen LogP contribution in [0, 0.1) is 5.41 Å². The van der Waals surface area contributed by atoms with Crippen molar-refractivity contribution in [3.05, 3.63) is 59.8 Å². The van der Waals surface area contributed by atoms with Gasteiger partial charge in [0, 0.05) is 0 Å². The molecule has 0 amide bonds. The smallest absolute Gasteiger partial charge is 0.0615 e. The number of rotatable bonds is 5. The Morgan fingerprint density at radius 2 is 1.68 bits per heavy atom. The van der Waals surface area contributed by atoms with E-state index in [1.54, 1.807) is 6.08 Å². The molecule has 19 heavy (non-hydrogen) atoms. The summed E-state index contributed by atoms with van der Waals surface area (Å²) in [5.41, 5.74) is 3.33. The first-order valence-corrected chi connectivity index (χ1v) is 7.05. The summed E-state index contributed by atoms with van der Waals surface area (Å²) < 4.78 is 0. The predicted molar refractivity (Wildman–Crippen MR) is 84.0 cm³/mol. The highest BCUT2D eigenvalue weighted by atomic mass is 16.2.